The Morgan fingerprint density at radius 1 is 1.19 bits per heavy atom. The van der Waals surface area contributed by atoms with Gasteiger partial charge in [-0.3, -0.25) is 14.7 Å². The summed E-state index contributed by atoms with van der Waals surface area (Å²) < 4.78 is 11.2. The van der Waals surface area contributed by atoms with Crippen LogP contribution in [0.1, 0.15) is 22.9 Å². The van der Waals surface area contributed by atoms with Gasteiger partial charge < -0.3 is 14.1 Å². The normalized spacial score (nSPS) is 17.9. The molecular formula is C19H24N4O3. The predicted octanol–water partition coefficient (Wildman–Crippen LogP) is 1.07. The molecule has 0 radical (unpaired) electrons. The molecular weight excluding hydrogens is 332 g/mol. The Hall–Kier alpha value is -2.25. The molecule has 4 rings (SSSR count). The van der Waals surface area contributed by atoms with Gasteiger partial charge in [0.2, 0.25) is 5.91 Å². The average Bonchev–Trinajstić information content (AvgIpc) is 3.10. The number of aromatic nitrogens is 2. The number of pyridine rings is 1. The van der Waals surface area contributed by atoms with Crippen LogP contribution in [0.4, 0.5) is 0 Å². The summed E-state index contributed by atoms with van der Waals surface area (Å²) in [6.07, 6.45) is 5.99. The summed E-state index contributed by atoms with van der Waals surface area (Å²) in [7, 11) is 0. The molecule has 0 saturated carbocycles. The fourth-order valence-corrected chi connectivity index (χ4v) is 3.42. The van der Waals surface area contributed by atoms with Crippen LogP contribution in [-0.2, 0) is 35.3 Å². The highest BCUT2D eigenvalue weighted by atomic mass is 16.5. The number of fused-ring (bicyclic) bond motifs is 1. The van der Waals surface area contributed by atoms with Crippen molar-refractivity contribution in [2.24, 2.45) is 0 Å². The molecule has 2 aromatic rings. The van der Waals surface area contributed by atoms with Crippen LogP contribution in [0.15, 0.2) is 28.9 Å². The molecule has 0 N–H and O–H groups in total. The van der Waals surface area contributed by atoms with Crippen molar-refractivity contribution in [1.82, 2.24) is 19.8 Å². The van der Waals surface area contributed by atoms with Crippen LogP contribution < -0.4 is 0 Å². The van der Waals surface area contributed by atoms with E-state index in [1.807, 2.05) is 17.2 Å². The van der Waals surface area contributed by atoms with Crippen molar-refractivity contribution in [3.63, 3.8) is 0 Å². The van der Waals surface area contributed by atoms with Crippen LogP contribution >= 0.6 is 0 Å². The van der Waals surface area contributed by atoms with Gasteiger partial charge >= 0.3 is 0 Å². The quantitative estimate of drug-likeness (QED) is 0.798. The minimum atomic E-state index is 0.164. The Bertz CT molecular complexity index is 740. The Balaban J connectivity index is 1.33. The maximum atomic E-state index is 12.6. The molecule has 1 amide bonds. The SMILES string of the molecule is O=C(CN1CCOCC1)N1CCc2oc(CCc3cccnc3)nc2C1. The van der Waals surface area contributed by atoms with Gasteiger partial charge in [0.25, 0.3) is 0 Å². The highest BCUT2D eigenvalue weighted by molar-refractivity contribution is 5.78. The number of amides is 1. The predicted molar refractivity (Wildman–Crippen MR) is 94.5 cm³/mol. The second-order valence-electron chi connectivity index (χ2n) is 6.79. The summed E-state index contributed by atoms with van der Waals surface area (Å²) in [6.45, 7) is 4.79. The molecule has 7 nitrogen and oxygen atoms in total. The molecule has 2 aliphatic rings. The molecule has 0 bridgehead atoms. The van der Waals surface area contributed by atoms with E-state index in [2.05, 4.69) is 20.9 Å². The second kappa shape index (κ2) is 7.97. The number of carbonyl (C=O) groups excluding carboxylic acids is 1. The maximum Gasteiger partial charge on any atom is 0.237 e. The van der Waals surface area contributed by atoms with Crippen LogP contribution in [-0.4, -0.2) is 65.1 Å². The fourth-order valence-electron chi connectivity index (χ4n) is 3.42. The van der Waals surface area contributed by atoms with E-state index in [1.54, 1.807) is 6.20 Å². The van der Waals surface area contributed by atoms with Gasteiger partial charge in [-0.15, -0.1) is 0 Å². The zero-order chi connectivity index (χ0) is 17.8. The smallest absolute Gasteiger partial charge is 0.237 e. The van der Waals surface area contributed by atoms with Crippen LogP contribution in [0.2, 0.25) is 0 Å². The van der Waals surface area contributed by atoms with Crippen LogP contribution in [0.25, 0.3) is 0 Å². The van der Waals surface area contributed by atoms with E-state index < -0.39 is 0 Å². The summed E-state index contributed by atoms with van der Waals surface area (Å²) in [4.78, 5) is 25.4. The van der Waals surface area contributed by atoms with Gasteiger partial charge in [0.1, 0.15) is 11.5 Å². The zero-order valence-electron chi connectivity index (χ0n) is 14.9. The monoisotopic (exact) mass is 356 g/mol. The van der Waals surface area contributed by atoms with Crippen LogP contribution in [0, 0.1) is 0 Å². The van der Waals surface area contributed by atoms with Crippen molar-refractivity contribution < 1.29 is 13.9 Å². The lowest BCUT2D eigenvalue weighted by atomic mass is 10.1. The summed E-state index contributed by atoms with van der Waals surface area (Å²) in [5.74, 6) is 1.85. The van der Waals surface area contributed by atoms with Crippen molar-refractivity contribution in [1.29, 1.82) is 0 Å². The molecule has 0 unspecified atom stereocenters. The lowest BCUT2D eigenvalue weighted by molar-refractivity contribution is -0.134. The first-order valence-electron chi connectivity index (χ1n) is 9.22. The van der Waals surface area contributed by atoms with E-state index >= 15 is 0 Å². The van der Waals surface area contributed by atoms with E-state index in [0.29, 0.717) is 32.8 Å². The van der Waals surface area contributed by atoms with Crippen LogP contribution in [0.3, 0.4) is 0 Å². The second-order valence-corrected chi connectivity index (χ2v) is 6.79. The van der Waals surface area contributed by atoms with Gasteiger partial charge in [-0.25, -0.2) is 4.98 Å². The molecule has 0 spiro atoms. The van der Waals surface area contributed by atoms with Gasteiger partial charge in [-0.05, 0) is 18.1 Å². The molecule has 2 aromatic heterocycles. The lowest BCUT2D eigenvalue weighted by Gasteiger charge is -2.30. The topological polar surface area (TPSA) is 71.7 Å². The van der Waals surface area contributed by atoms with Crippen molar-refractivity contribution >= 4 is 5.91 Å². The molecule has 1 saturated heterocycles. The van der Waals surface area contributed by atoms with Crippen molar-refractivity contribution in [3.8, 4) is 0 Å². The number of nitrogens with zero attached hydrogens (tertiary/aromatic N) is 4. The lowest BCUT2D eigenvalue weighted by Crippen LogP contribution is -2.46. The number of aryl methyl sites for hydroxylation is 2. The molecule has 26 heavy (non-hydrogen) atoms. The summed E-state index contributed by atoms with van der Waals surface area (Å²) >= 11 is 0. The first kappa shape index (κ1) is 17.2. The molecule has 138 valence electrons. The summed E-state index contributed by atoms with van der Waals surface area (Å²) in [5.41, 5.74) is 2.08. The molecule has 7 heteroatoms. The van der Waals surface area contributed by atoms with Crippen LogP contribution in [0.5, 0.6) is 0 Å². The standard InChI is InChI=1S/C19H24N4O3/c24-19(14-22-8-10-25-11-9-22)23-7-5-17-16(13-23)21-18(26-17)4-3-15-2-1-6-20-12-15/h1-2,6,12H,3-5,7-11,13-14H2. The Labute approximate surface area is 153 Å². The first-order valence-corrected chi connectivity index (χ1v) is 9.22. The third kappa shape index (κ3) is 4.11. The number of ether oxygens (including phenoxy) is 1. The molecule has 4 heterocycles. The highest BCUT2D eigenvalue weighted by Crippen LogP contribution is 2.21. The van der Waals surface area contributed by atoms with Gasteiger partial charge in [0.05, 0.1) is 26.3 Å². The largest absolute Gasteiger partial charge is 0.445 e. The number of morpholine rings is 1. The fraction of sp³-hybridized carbons (Fsp3) is 0.526. The zero-order valence-corrected chi connectivity index (χ0v) is 14.9. The van der Waals surface area contributed by atoms with E-state index in [0.717, 1.165) is 49.7 Å². The first-order chi connectivity index (χ1) is 12.8. The highest BCUT2D eigenvalue weighted by Gasteiger charge is 2.26. The number of carbonyl (C=O) groups is 1. The van der Waals surface area contributed by atoms with E-state index in [4.69, 9.17) is 9.15 Å². The van der Waals surface area contributed by atoms with Crippen molar-refractivity contribution in [2.75, 3.05) is 39.4 Å². The third-order valence-corrected chi connectivity index (χ3v) is 4.94. The van der Waals surface area contributed by atoms with E-state index in [9.17, 15) is 4.79 Å². The van der Waals surface area contributed by atoms with E-state index in [-0.39, 0.29) is 5.91 Å². The van der Waals surface area contributed by atoms with E-state index in [1.165, 1.54) is 5.56 Å². The minimum absolute atomic E-state index is 0.164. The number of rotatable bonds is 5. The van der Waals surface area contributed by atoms with Gasteiger partial charge in [-0.1, -0.05) is 6.07 Å². The maximum absolute atomic E-state index is 12.6. The molecule has 0 atom stereocenters. The Morgan fingerprint density at radius 3 is 2.88 bits per heavy atom. The van der Waals surface area contributed by atoms with Gasteiger partial charge in [0, 0.05) is 44.9 Å². The average molecular weight is 356 g/mol. The molecule has 1 fully saturated rings. The van der Waals surface area contributed by atoms with Gasteiger partial charge in [-0.2, -0.15) is 0 Å². The van der Waals surface area contributed by atoms with Crippen molar-refractivity contribution in [3.05, 3.63) is 47.4 Å². The molecule has 0 aromatic carbocycles. The summed E-state index contributed by atoms with van der Waals surface area (Å²) in [5, 5.41) is 0. The number of oxazole rings is 1. The van der Waals surface area contributed by atoms with Gasteiger partial charge in [0.15, 0.2) is 5.89 Å². The Morgan fingerprint density at radius 2 is 2.08 bits per heavy atom. The minimum Gasteiger partial charge on any atom is -0.445 e. The molecule has 0 aliphatic carbocycles. The third-order valence-electron chi connectivity index (χ3n) is 4.94. The van der Waals surface area contributed by atoms with Crippen molar-refractivity contribution in [2.45, 2.75) is 25.8 Å². The molecule has 2 aliphatic heterocycles. The summed E-state index contributed by atoms with van der Waals surface area (Å²) in [6, 6.07) is 4.00. The number of hydrogen-bond donors (Lipinski definition) is 0. The number of hydrogen-bond acceptors (Lipinski definition) is 6. The Kier molecular flexibility index (Phi) is 5.26.